The number of piperidine rings is 1. The fourth-order valence-electron chi connectivity index (χ4n) is 2.56. The van der Waals surface area contributed by atoms with Gasteiger partial charge in [0.15, 0.2) is 0 Å². The van der Waals surface area contributed by atoms with Gasteiger partial charge < -0.3 is 9.15 Å². The lowest BCUT2D eigenvalue weighted by molar-refractivity contribution is 0.0256. The first-order valence-electron chi connectivity index (χ1n) is 6.92. The van der Waals surface area contributed by atoms with Gasteiger partial charge in [-0.05, 0) is 31.2 Å². The van der Waals surface area contributed by atoms with Crippen molar-refractivity contribution >= 4 is 11.3 Å². The predicted molar refractivity (Wildman–Crippen MR) is 77.6 cm³/mol. The van der Waals surface area contributed by atoms with E-state index in [4.69, 9.17) is 9.15 Å². The SMILES string of the molecule is COC1CCN(C(C)c2nnc(-c3cccs3)o2)CC1. The second-order valence-corrected chi connectivity index (χ2v) is 6.02. The average molecular weight is 293 g/mol. The minimum atomic E-state index is 0.161. The maximum Gasteiger partial charge on any atom is 0.257 e. The number of hydrogen-bond donors (Lipinski definition) is 0. The summed E-state index contributed by atoms with van der Waals surface area (Å²) < 4.78 is 11.2. The van der Waals surface area contributed by atoms with Crippen LogP contribution >= 0.6 is 11.3 Å². The average Bonchev–Trinajstić information content (AvgIpc) is 3.17. The van der Waals surface area contributed by atoms with Crippen molar-refractivity contribution in [1.82, 2.24) is 15.1 Å². The highest BCUT2D eigenvalue weighted by molar-refractivity contribution is 7.13. The van der Waals surface area contributed by atoms with E-state index in [0.717, 1.165) is 30.8 Å². The molecular weight excluding hydrogens is 274 g/mol. The molecule has 2 aromatic rings. The molecule has 0 saturated carbocycles. The number of likely N-dealkylation sites (tertiary alicyclic amines) is 1. The molecule has 1 atom stereocenters. The highest BCUT2D eigenvalue weighted by Crippen LogP contribution is 2.28. The quantitative estimate of drug-likeness (QED) is 0.867. The molecule has 2 aromatic heterocycles. The lowest BCUT2D eigenvalue weighted by Crippen LogP contribution is -2.38. The molecule has 108 valence electrons. The minimum Gasteiger partial charge on any atom is -0.418 e. The molecule has 1 unspecified atom stereocenters. The number of ether oxygens (including phenoxy) is 1. The third kappa shape index (κ3) is 2.77. The van der Waals surface area contributed by atoms with Crippen LogP contribution in [-0.4, -0.2) is 41.4 Å². The van der Waals surface area contributed by atoms with Crippen molar-refractivity contribution in [3.8, 4) is 10.8 Å². The first-order chi connectivity index (χ1) is 9.78. The molecule has 1 aliphatic rings. The fourth-order valence-corrected chi connectivity index (χ4v) is 3.20. The van der Waals surface area contributed by atoms with E-state index in [1.54, 1.807) is 18.4 Å². The number of thiophene rings is 1. The molecule has 3 rings (SSSR count). The maximum absolute atomic E-state index is 5.81. The van der Waals surface area contributed by atoms with E-state index < -0.39 is 0 Å². The van der Waals surface area contributed by atoms with Crippen LogP contribution in [0.1, 0.15) is 31.7 Å². The summed E-state index contributed by atoms with van der Waals surface area (Å²) in [5.74, 6) is 1.32. The molecule has 20 heavy (non-hydrogen) atoms. The number of aromatic nitrogens is 2. The molecule has 0 aliphatic carbocycles. The highest BCUT2D eigenvalue weighted by atomic mass is 32.1. The van der Waals surface area contributed by atoms with Gasteiger partial charge >= 0.3 is 0 Å². The first-order valence-corrected chi connectivity index (χ1v) is 7.80. The molecule has 5 nitrogen and oxygen atoms in total. The van der Waals surface area contributed by atoms with Crippen LogP contribution in [0.3, 0.4) is 0 Å². The summed E-state index contributed by atoms with van der Waals surface area (Å²) in [5.41, 5.74) is 0. The Labute approximate surface area is 122 Å². The Hall–Kier alpha value is -1.24. The Bertz CT molecular complexity index is 532. The van der Waals surface area contributed by atoms with Crippen molar-refractivity contribution in [2.45, 2.75) is 31.9 Å². The Morgan fingerprint density at radius 2 is 2.20 bits per heavy atom. The molecule has 0 radical (unpaired) electrons. The largest absolute Gasteiger partial charge is 0.418 e. The third-order valence-electron chi connectivity index (χ3n) is 3.89. The number of rotatable bonds is 4. The first kappa shape index (κ1) is 13.7. The van der Waals surface area contributed by atoms with Gasteiger partial charge in [0.2, 0.25) is 5.89 Å². The van der Waals surface area contributed by atoms with E-state index in [-0.39, 0.29) is 6.04 Å². The van der Waals surface area contributed by atoms with Crippen LogP contribution < -0.4 is 0 Å². The number of methoxy groups -OCH3 is 1. The Balaban J connectivity index is 1.67. The van der Waals surface area contributed by atoms with Crippen molar-refractivity contribution in [3.05, 3.63) is 23.4 Å². The standard InChI is InChI=1S/C14H19N3O2S/c1-10(17-7-5-11(18-2)6-8-17)13-15-16-14(19-13)12-4-3-9-20-12/h3-4,9-11H,5-8H2,1-2H3. The van der Waals surface area contributed by atoms with Crippen molar-refractivity contribution in [2.24, 2.45) is 0 Å². The summed E-state index contributed by atoms with van der Waals surface area (Å²) in [4.78, 5) is 3.40. The number of hydrogen-bond acceptors (Lipinski definition) is 6. The van der Waals surface area contributed by atoms with Crippen LogP contribution in [0.25, 0.3) is 10.8 Å². The molecule has 0 spiro atoms. The zero-order chi connectivity index (χ0) is 13.9. The lowest BCUT2D eigenvalue weighted by atomic mass is 10.1. The van der Waals surface area contributed by atoms with Gasteiger partial charge in [-0.1, -0.05) is 6.07 Å². The molecule has 0 bridgehead atoms. The molecule has 0 amide bonds. The van der Waals surface area contributed by atoms with Crippen LogP contribution in [0.4, 0.5) is 0 Å². The van der Waals surface area contributed by atoms with Crippen LogP contribution in [0.2, 0.25) is 0 Å². The van der Waals surface area contributed by atoms with Crippen molar-refractivity contribution in [1.29, 1.82) is 0 Å². The van der Waals surface area contributed by atoms with Gasteiger partial charge in [0, 0.05) is 20.2 Å². The molecule has 1 fully saturated rings. The van der Waals surface area contributed by atoms with E-state index in [1.807, 2.05) is 17.5 Å². The van der Waals surface area contributed by atoms with Crippen LogP contribution in [0.5, 0.6) is 0 Å². The summed E-state index contributed by atoms with van der Waals surface area (Å²) in [5, 5.41) is 10.4. The van der Waals surface area contributed by atoms with Crippen LogP contribution in [0.15, 0.2) is 21.9 Å². The van der Waals surface area contributed by atoms with Gasteiger partial charge in [-0.25, -0.2) is 0 Å². The smallest absolute Gasteiger partial charge is 0.257 e. The molecule has 3 heterocycles. The molecular formula is C14H19N3O2S. The summed E-state index contributed by atoms with van der Waals surface area (Å²) in [7, 11) is 1.79. The number of nitrogens with zero attached hydrogens (tertiary/aromatic N) is 3. The Morgan fingerprint density at radius 1 is 1.40 bits per heavy atom. The van der Waals surface area contributed by atoms with Crippen LogP contribution in [0, 0.1) is 0 Å². The molecule has 1 aliphatic heterocycles. The second kappa shape index (κ2) is 6.03. The molecule has 6 heteroatoms. The summed E-state index contributed by atoms with van der Waals surface area (Å²) in [6, 6.07) is 4.15. The van der Waals surface area contributed by atoms with Crippen molar-refractivity contribution < 1.29 is 9.15 Å². The van der Waals surface area contributed by atoms with E-state index in [0.29, 0.717) is 17.9 Å². The van der Waals surface area contributed by atoms with Gasteiger partial charge in [-0.3, -0.25) is 4.90 Å². The van der Waals surface area contributed by atoms with Crippen molar-refractivity contribution in [3.63, 3.8) is 0 Å². The summed E-state index contributed by atoms with van der Waals surface area (Å²) in [6.07, 6.45) is 2.52. The Kier molecular flexibility index (Phi) is 4.14. The third-order valence-corrected chi connectivity index (χ3v) is 4.75. The van der Waals surface area contributed by atoms with E-state index in [1.165, 1.54) is 0 Å². The van der Waals surface area contributed by atoms with Gasteiger partial charge in [-0.2, -0.15) is 0 Å². The summed E-state index contributed by atoms with van der Waals surface area (Å²) in [6.45, 7) is 4.14. The minimum absolute atomic E-state index is 0.161. The van der Waals surface area contributed by atoms with Gasteiger partial charge in [0.25, 0.3) is 5.89 Å². The molecule has 0 aromatic carbocycles. The van der Waals surface area contributed by atoms with E-state index >= 15 is 0 Å². The normalized spacial score (nSPS) is 19.3. The lowest BCUT2D eigenvalue weighted by Gasteiger charge is -2.33. The summed E-state index contributed by atoms with van der Waals surface area (Å²) >= 11 is 1.61. The zero-order valence-electron chi connectivity index (χ0n) is 11.8. The molecule has 1 saturated heterocycles. The second-order valence-electron chi connectivity index (χ2n) is 5.07. The highest BCUT2D eigenvalue weighted by Gasteiger charge is 2.26. The monoisotopic (exact) mass is 293 g/mol. The van der Waals surface area contributed by atoms with Gasteiger partial charge in [0.05, 0.1) is 17.0 Å². The van der Waals surface area contributed by atoms with E-state index in [9.17, 15) is 0 Å². The van der Waals surface area contributed by atoms with E-state index in [2.05, 4.69) is 22.0 Å². The Morgan fingerprint density at radius 3 is 2.85 bits per heavy atom. The van der Waals surface area contributed by atoms with Gasteiger partial charge in [-0.15, -0.1) is 21.5 Å². The zero-order valence-corrected chi connectivity index (χ0v) is 12.6. The fraction of sp³-hybridized carbons (Fsp3) is 0.571. The maximum atomic E-state index is 5.81. The molecule has 0 N–H and O–H groups in total. The topological polar surface area (TPSA) is 51.4 Å². The predicted octanol–water partition coefficient (Wildman–Crippen LogP) is 2.97. The van der Waals surface area contributed by atoms with Gasteiger partial charge in [0.1, 0.15) is 0 Å². The van der Waals surface area contributed by atoms with Crippen LogP contribution in [-0.2, 0) is 4.74 Å². The van der Waals surface area contributed by atoms with Crippen molar-refractivity contribution in [2.75, 3.05) is 20.2 Å².